The molecule has 8 N–H and O–H groups in total. The van der Waals surface area contributed by atoms with Crippen molar-refractivity contribution in [3.63, 3.8) is 0 Å². The standard InChI is InChI=1S/C41H55N3O19/c1-18-28(47)30(49)31(50)39(58-18)63-32-22(42-35(51)23-16-27(46)44-41(56)43-23)14-21(37(54)57-2)15-24(32)60-40-34(62-38(55)20-11-7-4-8-12-20)33(29(48)26(17-45)61-40)59-25(36(52)53)13-19-9-5-3-6-10-19/h4,7-8,11-12,16,18-19,21-22,24-26,28-34,39-40,45,47-50H,3,5-6,9-10,13-15,17H2,1-2H3,(H,42,51)(H,52,53)(H2,43,44,46,56)/p-1/t18-,21+,22-,24+,25-,26+,28+,29-,30+,31-,32+,33-,34+,39-,40+/m0/s1. The fraction of sp³-hybridized carbons (Fsp3) is 0.659. The Bertz CT molecular complexity index is 1960. The first-order valence-corrected chi connectivity index (χ1v) is 20.9. The number of ether oxygens (including phenoxy) is 7. The highest BCUT2D eigenvalue weighted by Gasteiger charge is 2.54. The smallest absolute Gasteiger partial charge is 0.338 e. The van der Waals surface area contributed by atoms with Crippen molar-refractivity contribution in [3.05, 3.63) is 68.5 Å². The summed E-state index contributed by atoms with van der Waals surface area (Å²) in [6.07, 6.45) is -18.1. The van der Waals surface area contributed by atoms with E-state index in [9.17, 15) is 59.4 Å². The van der Waals surface area contributed by atoms with E-state index in [0.717, 1.165) is 32.4 Å². The number of nitrogens with one attached hydrogen (secondary N) is 3. The van der Waals surface area contributed by atoms with Crippen LogP contribution in [0.3, 0.4) is 0 Å². The summed E-state index contributed by atoms with van der Waals surface area (Å²) in [6, 6.07) is 7.02. The van der Waals surface area contributed by atoms with E-state index in [2.05, 4.69) is 10.3 Å². The minimum Gasteiger partial charge on any atom is -0.547 e. The highest BCUT2D eigenvalue weighted by Crippen LogP contribution is 2.38. The number of esters is 2. The highest BCUT2D eigenvalue weighted by molar-refractivity contribution is 5.92. The van der Waals surface area contributed by atoms with Gasteiger partial charge in [0.2, 0.25) is 0 Å². The molecule has 1 aromatic carbocycles. The number of aliphatic carboxylic acids is 1. The molecule has 63 heavy (non-hydrogen) atoms. The predicted molar refractivity (Wildman–Crippen MR) is 208 cm³/mol. The Kier molecular flexibility index (Phi) is 16.2. The van der Waals surface area contributed by atoms with Gasteiger partial charge in [-0.1, -0.05) is 50.3 Å². The minimum absolute atomic E-state index is 0.0109. The number of methoxy groups -OCH3 is 1. The van der Waals surface area contributed by atoms with E-state index in [1.54, 1.807) is 18.2 Å². The Morgan fingerprint density at radius 2 is 1.59 bits per heavy atom. The van der Waals surface area contributed by atoms with Gasteiger partial charge in [0.15, 0.2) is 18.7 Å². The summed E-state index contributed by atoms with van der Waals surface area (Å²) in [5.74, 6) is -5.63. The number of carboxylic acid groups (broad SMARTS) is 1. The number of rotatable bonds is 15. The van der Waals surface area contributed by atoms with Gasteiger partial charge in [0.1, 0.15) is 48.4 Å². The quantitative estimate of drug-likeness (QED) is 0.0833. The molecule has 0 radical (unpaired) electrons. The van der Waals surface area contributed by atoms with Gasteiger partial charge in [-0.05, 0) is 44.2 Å². The van der Waals surface area contributed by atoms with Gasteiger partial charge in [-0.2, -0.15) is 0 Å². The highest BCUT2D eigenvalue weighted by atomic mass is 16.7. The van der Waals surface area contributed by atoms with Gasteiger partial charge in [-0.3, -0.25) is 19.4 Å². The van der Waals surface area contributed by atoms with Gasteiger partial charge in [-0.15, -0.1) is 0 Å². The number of amides is 1. The molecule has 0 bridgehead atoms. The average molecular weight is 893 g/mol. The molecule has 4 fully saturated rings. The van der Waals surface area contributed by atoms with Gasteiger partial charge in [0, 0.05) is 6.07 Å². The zero-order valence-corrected chi connectivity index (χ0v) is 34.5. The maximum absolute atomic E-state index is 13.8. The second-order valence-electron chi connectivity index (χ2n) is 16.3. The molecule has 2 saturated carbocycles. The monoisotopic (exact) mass is 892 g/mol. The van der Waals surface area contributed by atoms with Gasteiger partial charge in [0.05, 0.1) is 55.5 Å². The van der Waals surface area contributed by atoms with E-state index in [4.69, 9.17) is 33.2 Å². The van der Waals surface area contributed by atoms with E-state index in [1.807, 2.05) is 4.98 Å². The number of hydrogen-bond donors (Lipinski definition) is 8. The molecule has 22 heteroatoms. The fourth-order valence-corrected chi connectivity index (χ4v) is 8.64. The van der Waals surface area contributed by atoms with Crippen LogP contribution in [0.15, 0.2) is 46.0 Å². The number of hydrogen-bond acceptors (Lipinski definition) is 19. The minimum atomic E-state index is -1.90. The van der Waals surface area contributed by atoms with Crippen LogP contribution in [-0.4, -0.2) is 159 Å². The maximum Gasteiger partial charge on any atom is 0.338 e. The molecule has 348 valence electrons. The summed E-state index contributed by atoms with van der Waals surface area (Å²) >= 11 is 0. The molecular formula is C41H54N3O19-. The second kappa shape index (κ2) is 21.4. The first-order chi connectivity index (χ1) is 30.1. The third kappa shape index (κ3) is 11.6. The number of aliphatic hydroxyl groups is 5. The number of benzene rings is 1. The molecule has 1 amide bonds. The van der Waals surface area contributed by atoms with Crippen LogP contribution in [0.1, 0.15) is 79.1 Å². The third-order valence-electron chi connectivity index (χ3n) is 12.0. The summed E-state index contributed by atoms with van der Waals surface area (Å²) in [5, 5.41) is 69.4. The number of carboxylic acids is 1. The van der Waals surface area contributed by atoms with Crippen LogP contribution in [0.5, 0.6) is 0 Å². The lowest BCUT2D eigenvalue weighted by atomic mass is 9.81. The van der Waals surface area contributed by atoms with Crippen molar-refractivity contribution in [2.75, 3.05) is 13.7 Å². The second-order valence-corrected chi connectivity index (χ2v) is 16.3. The van der Waals surface area contributed by atoms with Gasteiger partial charge >= 0.3 is 17.6 Å². The van der Waals surface area contributed by atoms with Gasteiger partial charge in [0.25, 0.3) is 11.5 Å². The number of carbonyl (C=O) groups is 4. The van der Waals surface area contributed by atoms with E-state index in [1.165, 1.54) is 19.1 Å². The van der Waals surface area contributed by atoms with Crippen LogP contribution in [0.2, 0.25) is 0 Å². The van der Waals surface area contributed by atoms with Crippen LogP contribution in [0, 0.1) is 11.8 Å². The Hall–Kier alpha value is -4.62. The van der Waals surface area contributed by atoms with Crippen LogP contribution in [0.25, 0.3) is 0 Å². The average Bonchev–Trinajstić information content (AvgIpc) is 3.26. The van der Waals surface area contributed by atoms with E-state index in [0.29, 0.717) is 12.8 Å². The van der Waals surface area contributed by atoms with Crippen LogP contribution in [-0.2, 0) is 42.7 Å². The maximum atomic E-state index is 13.8. The lowest BCUT2D eigenvalue weighted by Gasteiger charge is -2.49. The molecule has 6 rings (SSSR count). The molecule has 3 heterocycles. The molecule has 0 unspecified atom stereocenters. The summed E-state index contributed by atoms with van der Waals surface area (Å²) in [4.78, 5) is 81.7. The molecular weight excluding hydrogens is 838 g/mol. The van der Waals surface area contributed by atoms with Crippen molar-refractivity contribution in [1.29, 1.82) is 0 Å². The van der Waals surface area contributed by atoms with Crippen molar-refractivity contribution < 1.29 is 83.0 Å². The number of aliphatic hydroxyl groups excluding tert-OH is 5. The molecule has 4 aliphatic rings. The topological polar surface area (TPSA) is 335 Å². The van der Waals surface area contributed by atoms with E-state index in [-0.39, 0.29) is 30.7 Å². The normalized spacial score (nSPS) is 34.3. The zero-order chi connectivity index (χ0) is 45.5. The molecule has 1 aromatic heterocycles. The Morgan fingerprint density at radius 3 is 2.24 bits per heavy atom. The van der Waals surface area contributed by atoms with E-state index < -0.39 is 139 Å². The zero-order valence-electron chi connectivity index (χ0n) is 34.5. The first kappa shape index (κ1) is 47.8. The number of aromatic nitrogens is 2. The number of aromatic amines is 2. The summed E-state index contributed by atoms with van der Waals surface area (Å²) in [5.41, 5.74) is -2.41. The predicted octanol–water partition coefficient (Wildman–Crippen LogP) is -2.88. The number of H-pyrrole nitrogens is 2. The van der Waals surface area contributed by atoms with Gasteiger partial charge < -0.3 is 78.9 Å². The largest absolute Gasteiger partial charge is 0.547 e. The first-order valence-electron chi connectivity index (χ1n) is 20.9. The van der Waals surface area contributed by atoms with Crippen molar-refractivity contribution in [2.45, 2.75) is 144 Å². The van der Waals surface area contributed by atoms with Crippen molar-refractivity contribution >= 4 is 23.8 Å². The molecule has 2 aliphatic carbocycles. The molecule has 2 aliphatic heterocycles. The fourth-order valence-electron chi connectivity index (χ4n) is 8.64. The summed E-state index contributed by atoms with van der Waals surface area (Å²) in [7, 11) is 1.11. The van der Waals surface area contributed by atoms with Crippen LogP contribution >= 0.6 is 0 Å². The van der Waals surface area contributed by atoms with Crippen molar-refractivity contribution in [2.24, 2.45) is 11.8 Å². The summed E-state index contributed by atoms with van der Waals surface area (Å²) < 4.78 is 41.6. The van der Waals surface area contributed by atoms with Crippen LogP contribution in [0.4, 0.5) is 0 Å². The molecule has 2 saturated heterocycles. The summed E-state index contributed by atoms with van der Waals surface area (Å²) in [6.45, 7) is 0.499. The molecule has 22 nitrogen and oxygen atoms in total. The lowest BCUT2D eigenvalue weighted by molar-refractivity contribution is -0.353. The van der Waals surface area contributed by atoms with Crippen molar-refractivity contribution in [1.82, 2.24) is 15.3 Å². The number of carbonyl (C=O) groups excluding carboxylic acids is 4. The molecule has 2 aromatic rings. The molecule has 15 atom stereocenters. The third-order valence-corrected chi connectivity index (χ3v) is 12.0. The molecule has 0 spiro atoms. The Labute approximate surface area is 359 Å². The van der Waals surface area contributed by atoms with Crippen molar-refractivity contribution in [3.8, 4) is 0 Å². The van der Waals surface area contributed by atoms with E-state index >= 15 is 0 Å². The van der Waals surface area contributed by atoms with Gasteiger partial charge in [-0.25, -0.2) is 9.59 Å². The Morgan fingerprint density at radius 1 is 0.873 bits per heavy atom. The Balaban J connectivity index is 1.40. The SMILES string of the molecule is COC(=O)[C@@H]1C[C@H](NC(=O)c2cc(=O)[nH]c(=O)[nH]2)[C@@H](O[C@@H]2O[C@@H](C)[C@@H](O)[C@@H](O)[C@@H]2O)[C@H](O[C@@H]2O[C@H](CO)[C@H](O)[C@H](O[C@@H](CC3CCCCC3)C(=O)[O-])[C@H]2OC(=O)c2ccccc2)C1. The van der Waals surface area contributed by atoms with Crippen LogP contribution < -0.4 is 21.7 Å². The lowest BCUT2D eigenvalue weighted by Crippen LogP contribution is -2.65.